The lowest BCUT2D eigenvalue weighted by molar-refractivity contribution is -0.121. The first-order valence-electron chi connectivity index (χ1n) is 10.4. The highest BCUT2D eigenvalue weighted by atomic mass is 35.5. The molecule has 10 nitrogen and oxygen atoms in total. The average molecular weight is 461 g/mol. The van der Waals surface area contributed by atoms with Crippen LogP contribution in [-0.2, 0) is 17.8 Å². The summed E-state index contributed by atoms with van der Waals surface area (Å²) >= 11 is 5.92. The minimum absolute atomic E-state index is 0.0462. The Bertz CT molecular complexity index is 1200. The normalized spacial score (nSPS) is 11.2. The Kier molecular flexibility index (Phi) is 7.57. The summed E-state index contributed by atoms with van der Waals surface area (Å²) in [4.78, 5) is 41.7. The van der Waals surface area contributed by atoms with Crippen LogP contribution in [0.5, 0.6) is 0 Å². The van der Waals surface area contributed by atoms with Crippen molar-refractivity contribution in [3.8, 4) is 17.2 Å². The molecule has 2 aromatic heterocycles. The second kappa shape index (κ2) is 10.4. The molecule has 0 saturated carbocycles. The van der Waals surface area contributed by atoms with E-state index in [4.69, 9.17) is 16.1 Å². The van der Waals surface area contributed by atoms with Crippen molar-refractivity contribution >= 4 is 17.5 Å². The fourth-order valence-electron chi connectivity index (χ4n) is 2.95. The maximum atomic E-state index is 12.8. The van der Waals surface area contributed by atoms with Crippen LogP contribution in [0, 0.1) is 5.92 Å². The zero-order valence-electron chi connectivity index (χ0n) is 18.2. The summed E-state index contributed by atoms with van der Waals surface area (Å²) in [6, 6.07) is 6.46. The molecule has 3 aromatic rings. The maximum Gasteiger partial charge on any atom is 0.352 e. The van der Waals surface area contributed by atoms with E-state index in [2.05, 4.69) is 34.4 Å². The number of amides is 1. The van der Waals surface area contributed by atoms with Gasteiger partial charge >= 0.3 is 5.69 Å². The van der Waals surface area contributed by atoms with E-state index in [1.807, 2.05) is 0 Å². The topological polar surface area (TPSA) is 125 Å². The SMILES string of the molecule is CCn1c(=O)c(-c2noc(CCC(=O)NCCC(C)C)n2)nn(-c2ccc(Cl)cc2)c1=O. The van der Waals surface area contributed by atoms with Crippen LogP contribution in [0.15, 0.2) is 38.4 Å². The van der Waals surface area contributed by atoms with Gasteiger partial charge in [0.25, 0.3) is 5.56 Å². The number of carbonyl (C=O) groups excluding carboxylic acids is 1. The molecule has 0 unspecified atom stereocenters. The number of nitrogens with one attached hydrogen (secondary N) is 1. The number of aromatic nitrogens is 5. The molecule has 0 atom stereocenters. The largest absolute Gasteiger partial charge is 0.356 e. The number of hydrogen-bond acceptors (Lipinski definition) is 7. The van der Waals surface area contributed by atoms with Crippen LogP contribution >= 0.6 is 11.6 Å². The fourth-order valence-corrected chi connectivity index (χ4v) is 3.07. The number of carbonyl (C=O) groups is 1. The summed E-state index contributed by atoms with van der Waals surface area (Å²) in [7, 11) is 0. The van der Waals surface area contributed by atoms with Gasteiger partial charge in [-0.2, -0.15) is 14.8 Å². The van der Waals surface area contributed by atoms with Gasteiger partial charge in [-0.15, -0.1) is 0 Å². The van der Waals surface area contributed by atoms with Crippen LogP contribution in [0.2, 0.25) is 5.02 Å². The van der Waals surface area contributed by atoms with Gasteiger partial charge in [0.2, 0.25) is 17.6 Å². The van der Waals surface area contributed by atoms with E-state index in [1.165, 1.54) is 0 Å². The van der Waals surface area contributed by atoms with Gasteiger partial charge in [0, 0.05) is 31.0 Å². The molecule has 0 radical (unpaired) electrons. The summed E-state index contributed by atoms with van der Waals surface area (Å²) < 4.78 is 7.33. The van der Waals surface area contributed by atoms with E-state index >= 15 is 0 Å². The third-order valence-corrected chi connectivity index (χ3v) is 4.99. The predicted molar refractivity (Wildman–Crippen MR) is 119 cm³/mol. The molecular weight excluding hydrogens is 436 g/mol. The van der Waals surface area contributed by atoms with Crippen LogP contribution in [-0.4, -0.2) is 36.9 Å². The molecule has 0 spiro atoms. The van der Waals surface area contributed by atoms with Gasteiger partial charge < -0.3 is 9.84 Å². The molecule has 2 heterocycles. The van der Waals surface area contributed by atoms with Gasteiger partial charge in [0.15, 0.2) is 5.69 Å². The van der Waals surface area contributed by atoms with Crippen LogP contribution in [0.25, 0.3) is 17.2 Å². The van der Waals surface area contributed by atoms with Gasteiger partial charge in [-0.1, -0.05) is 30.6 Å². The predicted octanol–water partition coefficient (Wildman–Crippen LogP) is 2.21. The van der Waals surface area contributed by atoms with Crippen molar-refractivity contribution in [3.05, 3.63) is 56.0 Å². The quantitative estimate of drug-likeness (QED) is 0.518. The first kappa shape index (κ1) is 23.4. The number of halogens is 1. The Morgan fingerprint density at radius 1 is 1.22 bits per heavy atom. The lowest BCUT2D eigenvalue weighted by atomic mass is 10.1. The Morgan fingerprint density at radius 3 is 2.59 bits per heavy atom. The van der Waals surface area contributed by atoms with E-state index in [0.717, 1.165) is 15.7 Å². The Hall–Kier alpha value is -3.27. The zero-order chi connectivity index (χ0) is 23.3. The summed E-state index contributed by atoms with van der Waals surface area (Å²) in [5.74, 6) is 0.542. The first-order valence-corrected chi connectivity index (χ1v) is 10.8. The van der Waals surface area contributed by atoms with Gasteiger partial charge in [0.05, 0.1) is 5.69 Å². The van der Waals surface area contributed by atoms with Gasteiger partial charge in [0.1, 0.15) is 0 Å². The van der Waals surface area contributed by atoms with Crippen LogP contribution in [0.1, 0.15) is 39.5 Å². The van der Waals surface area contributed by atoms with Gasteiger partial charge in [-0.25, -0.2) is 4.79 Å². The monoisotopic (exact) mass is 460 g/mol. The molecule has 0 aliphatic rings. The third-order valence-electron chi connectivity index (χ3n) is 4.74. The molecule has 32 heavy (non-hydrogen) atoms. The second-order valence-corrected chi connectivity index (χ2v) is 8.05. The second-order valence-electron chi connectivity index (χ2n) is 7.61. The number of aryl methyl sites for hydroxylation is 1. The highest BCUT2D eigenvalue weighted by Gasteiger charge is 2.20. The van der Waals surface area contributed by atoms with Crippen molar-refractivity contribution in [2.24, 2.45) is 5.92 Å². The summed E-state index contributed by atoms with van der Waals surface area (Å²) in [5, 5.41) is 11.4. The number of hydrogen-bond donors (Lipinski definition) is 1. The molecule has 1 aromatic carbocycles. The number of benzene rings is 1. The molecule has 0 bridgehead atoms. The van der Waals surface area contributed by atoms with E-state index in [9.17, 15) is 14.4 Å². The molecule has 1 N–H and O–H groups in total. The van der Waals surface area contributed by atoms with Crippen molar-refractivity contribution < 1.29 is 9.32 Å². The lowest BCUT2D eigenvalue weighted by Crippen LogP contribution is -2.41. The fraction of sp³-hybridized carbons (Fsp3) is 0.429. The first-order chi connectivity index (χ1) is 15.3. The molecular formula is C21H25ClN6O4. The van der Waals surface area contributed by atoms with Gasteiger partial charge in [-0.05, 0) is 43.5 Å². The van der Waals surface area contributed by atoms with E-state index < -0.39 is 11.2 Å². The number of rotatable bonds is 9. The van der Waals surface area contributed by atoms with Crippen molar-refractivity contribution in [3.63, 3.8) is 0 Å². The van der Waals surface area contributed by atoms with Crippen LogP contribution < -0.4 is 16.6 Å². The molecule has 0 saturated heterocycles. The minimum atomic E-state index is -0.624. The molecule has 170 valence electrons. The highest BCUT2D eigenvalue weighted by molar-refractivity contribution is 6.30. The lowest BCUT2D eigenvalue weighted by Gasteiger charge is -2.09. The molecule has 11 heteroatoms. The average Bonchev–Trinajstić information content (AvgIpc) is 3.22. The zero-order valence-corrected chi connectivity index (χ0v) is 18.9. The summed E-state index contributed by atoms with van der Waals surface area (Å²) in [6.07, 6.45) is 1.30. The minimum Gasteiger partial charge on any atom is -0.356 e. The highest BCUT2D eigenvalue weighted by Crippen LogP contribution is 2.13. The molecule has 3 rings (SSSR count). The molecule has 1 amide bonds. The van der Waals surface area contributed by atoms with Gasteiger partial charge in [-0.3, -0.25) is 14.2 Å². The van der Waals surface area contributed by atoms with Crippen molar-refractivity contribution in [2.45, 2.75) is 46.6 Å². The van der Waals surface area contributed by atoms with Crippen LogP contribution in [0.4, 0.5) is 0 Å². The molecule has 0 aliphatic carbocycles. The van der Waals surface area contributed by atoms with E-state index in [-0.39, 0.29) is 42.7 Å². The number of nitrogens with zero attached hydrogens (tertiary/aromatic N) is 5. The maximum absolute atomic E-state index is 12.8. The van der Waals surface area contributed by atoms with E-state index in [1.54, 1.807) is 31.2 Å². The summed E-state index contributed by atoms with van der Waals surface area (Å²) in [6.45, 7) is 6.60. The molecule has 0 fully saturated rings. The summed E-state index contributed by atoms with van der Waals surface area (Å²) in [5.41, 5.74) is -0.908. The Labute approximate surface area is 189 Å². The standard InChI is InChI=1S/C21H25ClN6O4/c1-4-27-20(30)18(25-28(21(27)31)15-7-5-14(22)6-8-15)19-24-17(32-26-19)10-9-16(29)23-12-11-13(2)3/h5-8,13H,4,9-12H2,1-3H3,(H,23,29). The van der Waals surface area contributed by atoms with E-state index in [0.29, 0.717) is 23.2 Å². The smallest absolute Gasteiger partial charge is 0.352 e. The van der Waals surface area contributed by atoms with Crippen molar-refractivity contribution in [1.82, 2.24) is 29.8 Å². The van der Waals surface area contributed by atoms with Crippen LogP contribution in [0.3, 0.4) is 0 Å². The van der Waals surface area contributed by atoms with Crippen molar-refractivity contribution in [2.75, 3.05) is 6.54 Å². The third kappa shape index (κ3) is 5.50. The molecule has 0 aliphatic heterocycles. The Morgan fingerprint density at radius 2 is 1.94 bits per heavy atom. The Balaban J connectivity index is 1.84. The van der Waals surface area contributed by atoms with Crippen molar-refractivity contribution in [1.29, 1.82) is 0 Å².